The highest BCUT2D eigenvalue weighted by molar-refractivity contribution is 6.06. The molecule has 0 bridgehead atoms. The average molecular weight is 1260 g/mol. The number of nitrogen functional groups attached to an aromatic ring is 1. The standard InChI is InChI=1S/C68H59N15O11/c1-37(2)92-48-19-13-46(14-20-48)82-58(85)27-25-52-54(60(74-63(52)82)67(89)91-35-40-8-6-11-51(30-40)90-5)29-39(4)94-50-23-17-47(18-24-50)83-59(86)33-43(53-34-56(73-64(53)83)66(88)80-36-70-68(69)77-80)28-38(3)93-49-21-15-45(16-22-49)81-57(84)26-12-42-32-55(72-62(42)81)65(87)71-44-10-7-9-41(31-44)61-75-78-79-76-61/h6-27,30-34,36-39,72-74H,28-29,35H2,1-5H3,(H2,69,77)(H,71,87)(H,75,76,78,79). The van der Waals surface area contributed by atoms with Crippen molar-refractivity contribution in [2.45, 2.75) is 65.5 Å². The van der Waals surface area contributed by atoms with E-state index in [9.17, 15) is 28.8 Å². The van der Waals surface area contributed by atoms with E-state index < -0.39 is 35.6 Å². The molecule has 7 N–H and O–H groups in total. The summed E-state index contributed by atoms with van der Waals surface area (Å²) in [7, 11) is 1.56. The molecule has 13 aromatic rings. The van der Waals surface area contributed by atoms with Crippen LogP contribution in [-0.2, 0) is 24.2 Å². The molecule has 0 aliphatic carbocycles. The van der Waals surface area contributed by atoms with Crippen LogP contribution in [-0.4, -0.2) is 107 Å². The van der Waals surface area contributed by atoms with Gasteiger partial charge in [-0.3, -0.25) is 37.7 Å². The minimum absolute atomic E-state index is 0.0515. The summed E-state index contributed by atoms with van der Waals surface area (Å²) in [5.74, 6) is 0.748. The van der Waals surface area contributed by atoms with Crippen molar-refractivity contribution >= 4 is 62.5 Å². The van der Waals surface area contributed by atoms with Gasteiger partial charge in [-0.25, -0.2) is 9.78 Å². The molecule has 0 saturated carbocycles. The average Bonchev–Trinajstić information content (AvgIpc) is 1.59. The lowest BCUT2D eigenvalue weighted by Crippen LogP contribution is -2.22. The smallest absolute Gasteiger partial charge is 0.355 e. The van der Waals surface area contributed by atoms with Gasteiger partial charge in [0.15, 0.2) is 0 Å². The number of H-pyrrole nitrogens is 4. The largest absolute Gasteiger partial charge is 0.497 e. The fourth-order valence-electron chi connectivity index (χ4n) is 11.3. The summed E-state index contributed by atoms with van der Waals surface area (Å²) >= 11 is 0. The number of nitrogens with zero attached hydrogens (tertiary/aromatic N) is 9. The van der Waals surface area contributed by atoms with Crippen molar-refractivity contribution in [3.8, 4) is 51.4 Å². The lowest BCUT2D eigenvalue weighted by atomic mass is 10.0. The minimum atomic E-state index is -0.646. The number of pyridine rings is 3. The van der Waals surface area contributed by atoms with Gasteiger partial charge in [0.2, 0.25) is 11.8 Å². The van der Waals surface area contributed by atoms with Crippen molar-refractivity contribution in [3.63, 3.8) is 0 Å². The number of ether oxygens (including phenoxy) is 5. The fraction of sp³-hybridized carbons (Fsp3) is 0.162. The number of hydrogen-bond donors (Lipinski definition) is 6. The molecule has 1 amide bonds. The van der Waals surface area contributed by atoms with E-state index in [1.165, 1.54) is 38.2 Å². The van der Waals surface area contributed by atoms with Gasteiger partial charge in [0.05, 0.1) is 36.4 Å². The molecule has 2 unspecified atom stereocenters. The van der Waals surface area contributed by atoms with Crippen molar-refractivity contribution < 1.29 is 38.1 Å². The van der Waals surface area contributed by atoms with Gasteiger partial charge in [-0.2, -0.15) is 9.90 Å². The molecular weight excluding hydrogens is 1200 g/mol. The molecule has 2 atom stereocenters. The lowest BCUT2D eigenvalue weighted by Gasteiger charge is -2.18. The van der Waals surface area contributed by atoms with Gasteiger partial charge < -0.3 is 49.7 Å². The van der Waals surface area contributed by atoms with Crippen molar-refractivity contribution in [1.29, 1.82) is 0 Å². The highest BCUT2D eigenvalue weighted by Crippen LogP contribution is 2.31. The zero-order valence-electron chi connectivity index (χ0n) is 51.1. The molecule has 8 heterocycles. The Hall–Kier alpha value is -12.6. The first-order chi connectivity index (χ1) is 45.5. The molecule has 0 radical (unpaired) electrons. The Labute approximate surface area is 532 Å². The zero-order valence-corrected chi connectivity index (χ0v) is 51.1. The summed E-state index contributed by atoms with van der Waals surface area (Å²) < 4.78 is 35.5. The third-order valence-corrected chi connectivity index (χ3v) is 15.5. The van der Waals surface area contributed by atoms with Crippen LogP contribution in [0.4, 0.5) is 11.6 Å². The normalized spacial score (nSPS) is 12.1. The first kappa shape index (κ1) is 60.3. The maximum atomic E-state index is 14.5. The number of benzene rings is 5. The van der Waals surface area contributed by atoms with Crippen molar-refractivity contribution in [1.82, 2.24) is 64.0 Å². The molecule has 0 saturated heterocycles. The van der Waals surface area contributed by atoms with Crippen LogP contribution in [0.15, 0.2) is 185 Å². The van der Waals surface area contributed by atoms with Gasteiger partial charge in [-0.15, -0.1) is 15.3 Å². The van der Waals surface area contributed by atoms with E-state index >= 15 is 0 Å². The zero-order chi connectivity index (χ0) is 65.3. The Bertz CT molecular complexity index is 5190. The number of carbonyl (C=O) groups is 3. The number of amides is 1. The van der Waals surface area contributed by atoms with E-state index in [4.69, 9.17) is 29.4 Å². The predicted molar refractivity (Wildman–Crippen MR) is 349 cm³/mol. The fourth-order valence-corrected chi connectivity index (χ4v) is 11.3. The van der Waals surface area contributed by atoms with Crippen LogP contribution in [0, 0.1) is 0 Å². The molecule has 26 heteroatoms. The number of aromatic amines is 4. The molecule has 0 fully saturated rings. The van der Waals surface area contributed by atoms with Crippen molar-refractivity contribution in [2.75, 3.05) is 18.2 Å². The molecule has 26 nitrogen and oxygen atoms in total. The Morgan fingerprint density at radius 3 is 1.88 bits per heavy atom. The molecule has 472 valence electrons. The number of hydrogen-bond acceptors (Lipinski definition) is 17. The van der Waals surface area contributed by atoms with Crippen LogP contribution >= 0.6 is 0 Å². The third kappa shape index (κ3) is 12.4. The maximum Gasteiger partial charge on any atom is 0.355 e. The topological polar surface area (TPSA) is 334 Å². The van der Waals surface area contributed by atoms with Gasteiger partial charge in [0.25, 0.3) is 28.5 Å². The van der Waals surface area contributed by atoms with Gasteiger partial charge in [0.1, 0.15) is 76.1 Å². The summed E-state index contributed by atoms with van der Waals surface area (Å²) in [6, 6.07) is 46.0. The highest BCUT2D eigenvalue weighted by Gasteiger charge is 2.26. The summed E-state index contributed by atoms with van der Waals surface area (Å²) in [6.07, 6.45) is 0.442. The van der Waals surface area contributed by atoms with Gasteiger partial charge in [-0.05, 0) is 171 Å². The SMILES string of the molecule is COc1cccc(COC(=O)c2[nH]c3c(ccc(=O)n3-c3ccc(OC(C)C)cc3)c2CC(C)Oc2ccc(-n3c(=O)cc(CC(C)Oc4ccc(-n5c(=O)ccc6cc(C(=O)Nc7cccc(-c8nn[nH]n8)c7)[nH]c65)cc4)c4cc(C(=O)n5cnc(N)n5)[nH]c43)cc2)c1. The van der Waals surface area contributed by atoms with Crippen molar-refractivity contribution in [3.05, 3.63) is 235 Å². The Kier molecular flexibility index (Phi) is 16.3. The molecule has 13 rings (SSSR count). The van der Waals surface area contributed by atoms with Crippen LogP contribution in [0.5, 0.6) is 23.0 Å². The third-order valence-electron chi connectivity index (χ3n) is 15.5. The number of fused-ring (bicyclic) bond motifs is 3. The second kappa shape index (κ2) is 25.3. The summed E-state index contributed by atoms with van der Waals surface area (Å²) in [4.78, 5) is 96.7. The number of nitrogens with two attached hydrogens (primary N) is 1. The van der Waals surface area contributed by atoms with Crippen LogP contribution < -0.4 is 46.7 Å². The Balaban J connectivity index is 0.742. The van der Waals surface area contributed by atoms with E-state index in [0.717, 1.165) is 4.68 Å². The lowest BCUT2D eigenvalue weighted by molar-refractivity contribution is 0.0464. The molecule has 5 aromatic carbocycles. The number of carbonyl (C=O) groups excluding carboxylic acids is 3. The monoisotopic (exact) mass is 1260 g/mol. The number of aromatic nitrogens is 13. The second-order valence-electron chi connectivity index (χ2n) is 22.5. The number of anilines is 2. The second-order valence-corrected chi connectivity index (χ2v) is 22.5. The van der Waals surface area contributed by atoms with Crippen LogP contribution in [0.25, 0.3) is 61.6 Å². The van der Waals surface area contributed by atoms with Crippen LogP contribution in [0.3, 0.4) is 0 Å². The maximum absolute atomic E-state index is 14.5. The van der Waals surface area contributed by atoms with Gasteiger partial charge in [0, 0.05) is 58.5 Å². The first-order valence-electron chi connectivity index (χ1n) is 29.8. The molecule has 8 aromatic heterocycles. The van der Waals surface area contributed by atoms with E-state index in [1.807, 2.05) is 33.8 Å². The number of nitrogens with one attached hydrogen (secondary N) is 5. The first-order valence-corrected chi connectivity index (χ1v) is 29.8. The van der Waals surface area contributed by atoms with Gasteiger partial charge >= 0.3 is 5.97 Å². The van der Waals surface area contributed by atoms with Crippen LogP contribution in [0.2, 0.25) is 0 Å². The molecule has 94 heavy (non-hydrogen) atoms. The Morgan fingerprint density at radius 2 is 1.23 bits per heavy atom. The molecule has 0 spiro atoms. The number of esters is 1. The van der Waals surface area contributed by atoms with E-state index in [1.54, 1.807) is 147 Å². The van der Waals surface area contributed by atoms with E-state index in [2.05, 4.69) is 51.0 Å². The molecule has 0 aliphatic rings. The minimum Gasteiger partial charge on any atom is -0.497 e. The predicted octanol–water partition coefficient (Wildman–Crippen LogP) is 9.05. The summed E-state index contributed by atoms with van der Waals surface area (Å²) in [6.45, 7) is 7.50. The number of rotatable bonds is 21. The Morgan fingerprint density at radius 1 is 0.606 bits per heavy atom. The number of methoxy groups -OCH3 is 1. The highest BCUT2D eigenvalue weighted by atomic mass is 16.5. The molecule has 0 aliphatic heterocycles. The van der Waals surface area contributed by atoms with E-state index in [0.29, 0.717) is 107 Å². The number of tetrazole rings is 1. The van der Waals surface area contributed by atoms with Crippen LogP contribution in [0.1, 0.15) is 75.9 Å². The van der Waals surface area contributed by atoms with E-state index in [-0.39, 0.29) is 59.7 Å². The quantitative estimate of drug-likeness (QED) is 0.0365. The summed E-state index contributed by atoms with van der Waals surface area (Å²) in [5, 5.41) is 22.7. The van der Waals surface area contributed by atoms with Gasteiger partial charge in [-0.1, -0.05) is 24.3 Å². The summed E-state index contributed by atoms with van der Waals surface area (Å²) in [5.41, 5.74) is 10.7. The van der Waals surface area contributed by atoms with Crippen molar-refractivity contribution in [2.24, 2.45) is 0 Å². The molecular formula is C68H59N15O11.